The van der Waals surface area contributed by atoms with Gasteiger partial charge in [0.25, 0.3) is 0 Å². The minimum Gasteiger partial charge on any atom is -0.491 e. The van der Waals surface area contributed by atoms with Gasteiger partial charge >= 0.3 is 0 Å². The number of fused-ring (bicyclic) bond motifs is 4. The third kappa shape index (κ3) is 5.86. The molecule has 1 aliphatic carbocycles. The maximum absolute atomic E-state index is 7.42. The van der Waals surface area contributed by atoms with Crippen molar-refractivity contribution in [2.75, 3.05) is 13.2 Å². The van der Waals surface area contributed by atoms with Crippen LogP contribution in [0.2, 0.25) is 18.1 Å². The highest BCUT2D eigenvalue weighted by molar-refractivity contribution is 14.1. The van der Waals surface area contributed by atoms with E-state index in [-0.39, 0.29) is 38.6 Å². The molecular formula is C35H52INO4Si. The van der Waals surface area contributed by atoms with Crippen LogP contribution in [0.5, 0.6) is 5.75 Å². The summed E-state index contributed by atoms with van der Waals surface area (Å²) >= 11 is 2.59. The molecule has 1 saturated heterocycles. The normalized spacial score (nSPS) is 27.4. The van der Waals surface area contributed by atoms with Crippen LogP contribution >= 0.6 is 22.6 Å². The molecule has 3 aliphatic rings. The Bertz CT molecular complexity index is 1300. The number of nitrogens with zero attached hydrogens (tertiary/aromatic N) is 1. The highest BCUT2D eigenvalue weighted by Crippen LogP contribution is 2.60. The maximum atomic E-state index is 7.42. The van der Waals surface area contributed by atoms with Crippen LogP contribution in [0.25, 0.3) is 0 Å². The van der Waals surface area contributed by atoms with E-state index in [1.54, 1.807) is 0 Å². The summed E-state index contributed by atoms with van der Waals surface area (Å²) in [5.41, 5.74) is 7.17. The first-order valence-electron chi connectivity index (χ1n) is 15.9. The molecule has 2 aromatic rings. The Morgan fingerprint density at radius 3 is 2.29 bits per heavy atom. The molecule has 0 amide bonds. The Labute approximate surface area is 269 Å². The van der Waals surface area contributed by atoms with Gasteiger partial charge in [-0.3, -0.25) is 4.98 Å². The van der Waals surface area contributed by atoms with E-state index in [4.69, 9.17) is 23.6 Å². The zero-order chi connectivity index (χ0) is 30.8. The molecule has 0 saturated carbocycles. The van der Waals surface area contributed by atoms with Gasteiger partial charge in [0, 0.05) is 41.1 Å². The van der Waals surface area contributed by atoms with E-state index in [9.17, 15) is 0 Å². The highest BCUT2D eigenvalue weighted by Gasteiger charge is 2.56. The molecule has 1 aromatic heterocycles. The SMILES string of the molecule is CC(C)Oc1ccc([C@H]2OC3(CCOCC3I)c3c4c(nc(C(C)C)c32)CC(C)(C)CC4O[Si](C)(C)C(C)(C)C)cc1. The van der Waals surface area contributed by atoms with Gasteiger partial charge in [-0.25, -0.2) is 0 Å². The number of benzene rings is 1. The zero-order valence-electron chi connectivity index (χ0n) is 27.7. The smallest absolute Gasteiger partial charge is 0.192 e. The number of hydrogen-bond donors (Lipinski definition) is 0. The Morgan fingerprint density at radius 1 is 1.05 bits per heavy atom. The van der Waals surface area contributed by atoms with Gasteiger partial charge in [-0.15, -0.1) is 0 Å². The molecular weight excluding hydrogens is 653 g/mol. The first kappa shape index (κ1) is 32.4. The fourth-order valence-corrected chi connectivity index (χ4v) is 9.05. The summed E-state index contributed by atoms with van der Waals surface area (Å²) in [7, 11) is -2.08. The van der Waals surface area contributed by atoms with Crippen molar-refractivity contribution >= 4 is 30.9 Å². The third-order valence-electron chi connectivity index (χ3n) is 9.83. The van der Waals surface area contributed by atoms with Crippen molar-refractivity contribution in [3.8, 4) is 5.75 Å². The summed E-state index contributed by atoms with van der Waals surface area (Å²) in [5, 5.41) is 0.115. The number of alkyl halides is 1. The lowest BCUT2D eigenvalue weighted by Gasteiger charge is -2.47. The van der Waals surface area contributed by atoms with Crippen LogP contribution < -0.4 is 4.74 Å². The Hall–Kier alpha value is -1.00. The van der Waals surface area contributed by atoms with Crippen molar-refractivity contribution in [3.05, 3.63) is 57.9 Å². The van der Waals surface area contributed by atoms with Crippen LogP contribution in [0, 0.1) is 5.41 Å². The molecule has 2 aliphatic heterocycles. The Kier molecular flexibility index (Phi) is 8.80. The summed E-state index contributed by atoms with van der Waals surface area (Å²) in [6.07, 6.45) is 2.73. The number of rotatable bonds is 6. The minimum atomic E-state index is -2.08. The first-order chi connectivity index (χ1) is 19.5. The maximum Gasteiger partial charge on any atom is 0.192 e. The van der Waals surface area contributed by atoms with Crippen molar-refractivity contribution < 1.29 is 18.6 Å². The van der Waals surface area contributed by atoms with Crippen LogP contribution in [0.1, 0.15) is 127 Å². The topological polar surface area (TPSA) is 49.8 Å². The largest absolute Gasteiger partial charge is 0.491 e. The summed E-state index contributed by atoms with van der Waals surface area (Å²) in [6, 6.07) is 8.54. The molecule has 3 unspecified atom stereocenters. The summed E-state index contributed by atoms with van der Waals surface area (Å²) < 4.78 is 27.0. The molecule has 5 rings (SSSR count). The summed E-state index contributed by atoms with van der Waals surface area (Å²) in [5.74, 6) is 1.16. The first-order valence-corrected chi connectivity index (χ1v) is 20.0. The summed E-state index contributed by atoms with van der Waals surface area (Å²) in [4.78, 5) is 5.56. The van der Waals surface area contributed by atoms with Gasteiger partial charge in [-0.05, 0) is 73.9 Å². The predicted octanol–water partition coefficient (Wildman–Crippen LogP) is 9.57. The second-order valence-electron chi connectivity index (χ2n) is 15.6. The van der Waals surface area contributed by atoms with E-state index in [0.29, 0.717) is 13.2 Å². The molecule has 42 heavy (non-hydrogen) atoms. The van der Waals surface area contributed by atoms with E-state index < -0.39 is 13.9 Å². The molecule has 1 aromatic carbocycles. The van der Waals surface area contributed by atoms with Crippen LogP contribution in [-0.2, 0) is 25.9 Å². The van der Waals surface area contributed by atoms with E-state index >= 15 is 0 Å². The molecule has 4 atom stereocenters. The van der Waals surface area contributed by atoms with Crippen molar-refractivity contribution in [2.24, 2.45) is 5.41 Å². The lowest BCUT2D eigenvalue weighted by molar-refractivity contribution is -0.113. The monoisotopic (exact) mass is 705 g/mol. The molecule has 1 fully saturated rings. The van der Waals surface area contributed by atoms with Crippen molar-refractivity contribution in [1.82, 2.24) is 4.98 Å². The lowest BCUT2D eigenvalue weighted by Crippen LogP contribution is -2.47. The molecule has 0 bridgehead atoms. The molecule has 7 heteroatoms. The molecule has 1 spiro atoms. The molecule has 3 heterocycles. The molecule has 5 nitrogen and oxygen atoms in total. The number of pyridine rings is 1. The van der Waals surface area contributed by atoms with E-state index in [0.717, 1.165) is 30.6 Å². The minimum absolute atomic E-state index is 0.000378. The van der Waals surface area contributed by atoms with Gasteiger partial charge in [0.05, 0.1) is 22.7 Å². The van der Waals surface area contributed by atoms with E-state index in [2.05, 4.69) is 122 Å². The molecule has 0 radical (unpaired) electrons. The van der Waals surface area contributed by atoms with Crippen LogP contribution in [0.15, 0.2) is 24.3 Å². The quantitative estimate of drug-likeness (QED) is 0.170. The van der Waals surface area contributed by atoms with Gasteiger partial charge < -0.3 is 18.6 Å². The average Bonchev–Trinajstić information content (AvgIpc) is 3.19. The van der Waals surface area contributed by atoms with Crippen molar-refractivity contribution in [1.29, 1.82) is 0 Å². The lowest BCUT2D eigenvalue weighted by atomic mass is 9.70. The number of aromatic nitrogens is 1. The summed E-state index contributed by atoms with van der Waals surface area (Å²) in [6.45, 7) is 26.6. The molecule has 232 valence electrons. The van der Waals surface area contributed by atoms with Gasteiger partial charge in [0.2, 0.25) is 0 Å². The van der Waals surface area contributed by atoms with Crippen LogP contribution in [0.3, 0.4) is 0 Å². The fourth-order valence-electron chi connectivity index (χ4n) is 6.76. The Balaban J connectivity index is 1.77. The number of halogens is 1. The standard InChI is InChI=1S/C35H52INO4Si/c1-21(2)31-29-30(28-25(37-31)18-34(8,9)19-26(28)41-42(10,11)33(5,6)7)35(16-17-38-20-27(35)36)40-32(29)23-12-14-24(15-13-23)39-22(3)4/h12-15,21-22,26-27,32H,16-20H2,1-11H3/t26?,27?,32-,35?/m1/s1. The van der Waals surface area contributed by atoms with Gasteiger partial charge in [-0.2, -0.15) is 0 Å². The van der Waals surface area contributed by atoms with Gasteiger partial charge in [0.1, 0.15) is 17.5 Å². The highest BCUT2D eigenvalue weighted by atomic mass is 127. The van der Waals surface area contributed by atoms with Crippen LogP contribution in [0.4, 0.5) is 0 Å². The Morgan fingerprint density at radius 2 is 1.71 bits per heavy atom. The van der Waals surface area contributed by atoms with Gasteiger partial charge in [-0.1, -0.05) is 83.2 Å². The molecule has 0 N–H and O–H groups in total. The van der Waals surface area contributed by atoms with Crippen molar-refractivity contribution in [2.45, 2.75) is 133 Å². The van der Waals surface area contributed by atoms with E-state index in [1.807, 2.05) is 0 Å². The predicted molar refractivity (Wildman–Crippen MR) is 182 cm³/mol. The van der Waals surface area contributed by atoms with Crippen LogP contribution in [-0.4, -0.2) is 36.5 Å². The second-order valence-corrected chi connectivity index (χ2v) is 21.9. The zero-order valence-corrected chi connectivity index (χ0v) is 30.8. The fraction of sp³-hybridized carbons (Fsp3) is 0.686. The second kappa shape index (κ2) is 11.4. The van der Waals surface area contributed by atoms with Crippen molar-refractivity contribution in [3.63, 3.8) is 0 Å². The number of hydrogen-bond acceptors (Lipinski definition) is 5. The third-order valence-corrected chi connectivity index (χ3v) is 15.7. The van der Waals surface area contributed by atoms with Gasteiger partial charge in [0.15, 0.2) is 8.32 Å². The van der Waals surface area contributed by atoms with E-state index in [1.165, 1.54) is 28.1 Å². The number of ether oxygens (including phenoxy) is 3. The average molecular weight is 706 g/mol.